The number of rotatable bonds is 3. The maximum atomic E-state index is 6.03. The molecular weight excluding hydrogens is 252 g/mol. The van der Waals surface area contributed by atoms with Crippen LogP contribution in [-0.4, -0.2) is 36.8 Å². The van der Waals surface area contributed by atoms with Crippen molar-refractivity contribution in [2.45, 2.75) is 19.8 Å². The summed E-state index contributed by atoms with van der Waals surface area (Å²) in [7, 11) is 1.75. The molecule has 100 valence electrons. The fraction of sp³-hybridized carbons (Fsp3) is 0.667. The van der Waals surface area contributed by atoms with Crippen molar-refractivity contribution in [2.24, 2.45) is 5.92 Å². The van der Waals surface area contributed by atoms with Crippen LogP contribution >= 0.6 is 11.6 Å². The van der Waals surface area contributed by atoms with Crippen molar-refractivity contribution in [3.8, 4) is 0 Å². The second-order valence-electron chi connectivity index (χ2n) is 4.70. The molecule has 2 heterocycles. The van der Waals surface area contributed by atoms with Crippen LogP contribution in [0.15, 0.2) is 0 Å². The summed E-state index contributed by atoms with van der Waals surface area (Å²) in [6, 6.07) is 0. The largest absolute Gasteiger partial charge is 0.394 e. The zero-order valence-corrected chi connectivity index (χ0v) is 11.6. The lowest BCUT2D eigenvalue weighted by Gasteiger charge is -2.33. The van der Waals surface area contributed by atoms with Crippen LogP contribution in [0, 0.1) is 12.8 Å². The minimum absolute atomic E-state index is 0.260. The van der Waals surface area contributed by atoms with Gasteiger partial charge in [-0.05, 0) is 37.3 Å². The van der Waals surface area contributed by atoms with E-state index in [9.17, 15) is 0 Å². The molecule has 1 aromatic rings. The van der Waals surface area contributed by atoms with Crippen LogP contribution in [-0.2, 0) is 4.74 Å². The lowest BCUT2D eigenvalue weighted by molar-refractivity contribution is 0.139. The number of aryl methyl sites for hydroxylation is 1. The lowest BCUT2D eigenvalue weighted by Crippen LogP contribution is -2.36. The monoisotopic (exact) mass is 270 g/mol. The van der Waals surface area contributed by atoms with E-state index in [1.54, 1.807) is 7.11 Å². The van der Waals surface area contributed by atoms with Crippen molar-refractivity contribution in [3.63, 3.8) is 0 Å². The Hall–Kier alpha value is -1.07. The summed E-state index contributed by atoms with van der Waals surface area (Å²) in [5.41, 5.74) is 7.39. The van der Waals surface area contributed by atoms with E-state index in [0.29, 0.717) is 11.6 Å². The predicted octanol–water partition coefficient (Wildman–Crippen LogP) is 1.88. The Bertz CT molecular complexity index is 419. The van der Waals surface area contributed by atoms with E-state index in [-0.39, 0.29) is 5.28 Å². The number of ether oxygens (including phenoxy) is 1. The van der Waals surface area contributed by atoms with Gasteiger partial charge in [0, 0.05) is 26.8 Å². The molecule has 0 atom stereocenters. The SMILES string of the molecule is COCC1CCN(c2nc(Cl)nc(C)c2N)CC1. The normalized spacial score (nSPS) is 17.2. The van der Waals surface area contributed by atoms with Crippen LogP contribution in [0.2, 0.25) is 5.28 Å². The lowest BCUT2D eigenvalue weighted by atomic mass is 9.98. The molecule has 1 aliphatic heterocycles. The molecular formula is C12H19ClN4O. The maximum Gasteiger partial charge on any atom is 0.224 e. The molecule has 0 saturated carbocycles. The Balaban J connectivity index is 2.10. The van der Waals surface area contributed by atoms with Crippen molar-refractivity contribution in [1.29, 1.82) is 0 Å². The molecule has 1 saturated heterocycles. The number of aromatic nitrogens is 2. The number of nitrogens with two attached hydrogens (primary N) is 1. The van der Waals surface area contributed by atoms with Gasteiger partial charge in [-0.15, -0.1) is 0 Å². The van der Waals surface area contributed by atoms with E-state index in [1.165, 1.54) is 0 Å². The summed E-state index contributed by atoms with van der Waals surface area (Å²) in [4.78, 5) is 10.5. The average Bonchev–Trinajstić information content (AvgIpc) is 2.35. The smallest absolute Gasteiger partial charge is 0.224 e. The van der Waals surface area contributed by atoms with Gasteiger partial charge >= 0.3 is 0 Å². The third kappa shape index (κ3) is 2.84. The average molecular weight is 271 g/mol. The summed E-state index contributed by atoms with van der Waals surface area (Å²) in [6.07, 6.45) is 2.18. The summed E-state index contributed by atoms with van der Waals surface area (Å²) < 4.78 is 5.19. The van der Waals surface area contributed by atoms with Gasteiger partial charge in [-0.3, -0.25) is 0 Å². The highest BCUT2D eigenvalue weighted by molar-refractivity contribution is 6.28. The third-order valence-electron chi connectivity index (χ3n) is 3.41. The second-order valence-corrected chi connectivity index (χ2v) is 5.04. The highest BCUT2D eigenvalue weighted by Crippen LogP contribution is 2.28. The predicted molar refractivity (Wildman–Crippen MR) is 73.0 cm³/mol. The highest BCUT2D eigenvalue weighted by atomic mass is 35.5. The molecule has 0 radical (unpaired) electrons. The number of nitrogens with zero attached hydrogens (tertiary/aromatic N) is 3. The van der Waals surface area contributed by atoms with Crippen LogP contribution in [0.3, 0.4) is 0 Å². The minimum atomic E-state index is 0.260. The van der Waals surface area contributed by atoms with E-state index in [2.05, 4.69) is 14.9 Å². The summed E-state index contributed by atoms with van der Waals surface area (Å²) in [5, 5.41) is 0.260. The molecule has 0 bridgehead atoms. The van der Waals surface area contributed by atoms with Crippen molar-refractivity contribution in [1.82, 2.24) is 9.97 Å². The zero-order valence-electron chi connectivity index (χ0n) is 10.8. The van der Waals surface area contributed by atoms with Gasteiger partial charge in [0.2, 0.25) is 5.28 Å². The Morgan fingerprint density at radius 2 is 2.06 bits per heavy atom. The van der Waals surface area contributed by atoms with Crippen LogP contribution in [0.25, 0.3) is 0 Å². The van der Waals surface area contributed by atoms with Crippen LogP contribution in [0.1, 0.15) is 18.5 Å². The Labute approximate surface area is 112 Å². The van der Waals surface area contributed by atoms with E-state index < -0.39 is 0 Å². The molecule has 1 aliphatic rings. The molecule has 6 heteroatoms. The number of methoxy groups -OCH3 is 1. The Morgan fingerprint density at radius 1 is 1.39 bits per heavy atom. The Morgan fingerprint density at radius 3 is 2.67 bits per heavy atom. The van der Waals surface area contributed by atoms with Crippen molar-refractivity contribution in [2.75, 3.05) is 37.4 Å². The molecule has 2 rings (SSSR count). The van der Waals surface area contributed by atoms with Gasteiger partial charge in [-0.1, -0.05) is 0 Å². The minimum Gasteiger partial charge on any atom is -0.394 e. The van der Waals surface area contributed by atoms with E-state index in [4.69, 9.17) is 22.1 Å². The molecule has 0 spiro atoms. The first-order chi connectivity index (χ1) is 8.61. The molecule has 2 N–H and O–H groups in total. The van der Waals surface area contributed by atoms with Gasteiger partial charge < -0.3 is 15.4 Å². The zero-order chi connectivity index (χ0) is 13.1. The summed E-state index contributed by atoms with van der Waals surface area (Å²) in [5.74, 6) is 1.40. The van der Waals surface area contributed by atoms with Crippen molar-refractivity contribution >= 4 is 23.1 Å². The third-order valence-corrected chi connectivity index (χ3v) is 3.57. The highest BCUT2D eigenvalue weighted by Gasteiger charge is 2.22. The van der Waals surface area contributed by atoms with Crippen LogP contribution in [0.4, 0.5) is 11.5 Å². The van der Waals surface area contributed by atoms with Gasteiger partial charge in [0.15, 0.2) is 5.82 Å². The number of piperidine rings is 1. The van der Waals surface area contributed by atoms with E-state index in [1.807, 2.05) is 6.92 Å². The standard InChI is InChI=1S/C12H19ClN4O/c1-8-10(14)11(16-12(13)15-8)17-5-3-9(4-6-17)7-18-2/h9H,3-7,14H2,1-2H3. The van der Waals surface area contributed by atoms with Crippen LogP contribution < -0.4 is 10.6 Å². The molecule has 18 heavy (non-hydrogen) atoms. The van der Waals surface area contributed by atoms with Crippen LogP contribution in [0.5, 0.6) is 0 Å². The fourth-order valence-electron chi connectivity index (χ4n) is 2.32. The maximum absolute atomic E-state index is 6.03. The van der Waals surface area contributed by atoms with Gasteiger partial charge in [-0.2, -0.15) is 4.98 Å². The number of nitrogen functional groups attached to an aromatic ring is 1. The van der Waals surface area contributed by atoms with Gasteiger partial charge in [0.05, 0.1) is 11.4 Å². The Kier molecular flexibility index (Phi) is 4.24. The first-order valence-corrected chi connectivity index (χ1v) is 6.53. The molecule has 0 amide bonds. The first-order valence-electron chi connectivity index (χ1n) is 6.15. The molecule has 0 unspecified atom stereocenters. The van der Waals surface area contributed by atoms with E-state index in [0.717, 1.165) is 44.0 Å². The van der Waals surface area contributed by atoms with Gasteiger partial charge in [0.25, 0.3) is 0 Å². The molecule has 5 nitrogen and oxygen atoms in total. The number of anilines is 2. The summed E-state index contributed by atoms with van der Waals surface area (Å²) in [6.45, 7) is 4.55. The van der Waals surface area contributed by atoms with Crippen molar-refractivity contribution < 1.29 is 4.74 Å². The number of halogens is 1. The topological polar surface area (TPSA) is 64.3 Å². The van der Waals surface area contributed by atoms with Gasteiger partial charge in [0.1, 0.15) is 0 Å². The van der Waals surface area contributed by atoms with E-state index >= 15 is 0 Å². The number of hydrogen-bond acceptors (Lipinski definition) is 5. The molecule has 0 aromatic carbocycles. The quantitative estimate of drug-likeness (QED) is 0.850. The second kappa shape index (κ2) is 5.71. The molecule has 1 aromatic heterocycles. The summed E-state index contributed by atoms with van der Waals surface area (Å²) >= 11 is 5.90. The van der Waals surface area contributed by atoms with Crippen molar-refractivity contribution in [3.05, 3.63) is 11.0 Å². The first kappa shape index (κ1) is 13.4. The number of hydrogen-bond donors (Lipinski definition) is 1. The fourth-order valence-corrected chi connectivity index (χ4v) is 2.53. The molecule has 0 aliphatic carbocycles. The van der Waals surface area contributed by atoms with Gasteiger partial charge in [-0.25, -0.2) is 4.98 Å². The molecule has 1 fully saturated rings.